The lowest BCUT2D eigenvalue weighted by molar-refractivity contribution is -0.147. The highest BCUT2D eigenvalue weighted by atomic mass is 16.4. The lowest BCUT2D eigenvalue weighted by atomic mass is 9.75. The summed E-state index contributed by atoms with van der Waals surface area (Å²) in [5, 5.41) is 21.6. The van der Waals surface area contributed by atoms with Crippen LogP contribution in [-0.4, -0.2) is 34.4 Å². The minimum absolute atomic E-state index is 0.350. The third-order valence-corrected chi connectivity index (χ3v) is 3.68. The van der Waals surface area contributed by atoms with Crippen molar-refractivity contribution in [3.05, 3.63) is 0 Å². The van der Waals surface area contributed by atoms with Gasteiger partial charge in [-0.05, 0) is 38.5 Å². The Bertz CT molecular complexity index is 232. The van der Waals surface area contributed by atoms with Crippen LogP contribution < -0.4 is 5.32 Å². The fourth-order valence-electron chi connectivity index (χ4n) is 2.39. The van der Waals surface area contributed by atoms with E-state index in [9.17, 15) is 15.0 Å². The zero-order chi connectivity index (χ0) is 12.2. The fourth-order valence-corrected chi connectivity index (χ4v) is 2.39. The van der Waals surface area contributed by atoms with Crippen molar-refractivity contribution in [3.63, 3.8) is 0 Å². The van der Waals surface area contributed by atoms with Crippen LogP contribution in [0.4, 0.5) is 0 Å². The van der Waals surface area contributed by atoms with Gasteiger partial charge in [-0.25, -0.2) is 0 Å². The van der Waals surface area contributed by atoms with E-state index in [-0.39, 0.29) is 0 Å². The summed E-state index contributed by atoms with van der Waals surface area (Å²) in [6.45, 7) is 4.17. The predicted molar refractivity (Wildman–Crippen MR) is 62.3 cm³/mol. The van der Waals surface area contributed by atoms with E-state index in [0.29, 0.717) is 25.3 Å². The number of β-amino-alcohol motifs (C(OH)–C–C–N with tert-alkyl or cyclic N) is 1. The molecule has 16 heavy (non-hydrogen) atoms. The van der Waals surface area contributed by atoms with Gasteiger partial charge in [-0.1, -0.05) is 13.3 Å². The van der Waals surface area contributed by atoms with Crippen molar-refractivity contribution >= 4 is 5.97 Å². The third kappa shape index (κ3) is 3.19. The number of hydrogen-bond donors (Lipinski definition) is 3. The van der Waals surface area contributed by atoms with Crippen molar-refractivity contribution in [3.8, 4) is 0 Å². The Balaban J connectivity index is 2.58. The average molecular weight is 229 g/mol. The van der Waals surface area contributed by atoms with E-state index in [0.717, 1.165) is 19.3 Å². The molecule has 4 nitrogen and oxygen atoms in total. The molecule has 0 amide bonds. The van der Waals surface area contributed by atoms with Crippen LogP contribution >= 0.6 is 0 Å². The minimum atomic E-state index is -0.803. The second-order valence-electron chi connectivity index (χ2n) is 4.97. The van der Waals surface area contributed by atoms with Gasteiger partial charge in [0.1, 0.15) is 5.54 Å². The summed E-state index contributed by atoms with van der Waals surface area (Å²) >= 11 is 0. The quantitative estimate of drug-likeness (QED) is 0.666. The Morgan fingerprint density at radius 2 is 2.06 bits per heavy atom. The van der Waals surface area contributed by atoms with Gasteiger partial charge in [0.05, 0.1) is 6.10 Å². The van der Waals surface area contributed by atoms with Gasteiger partial charge in [0.15, 0.2) is 0 Å². The minimum Gasteiger partial charge on any atom is -0.480 e. The maximum Gasteiger partial charge on any atom is 0.323 e. The number of aliphatic hydroxyl groups is 1. The van der Waals surface area contributed by atoms with Crippen LogP contribution in [-0.2, 0) is 4.79 Å². The van der Waals surface area contributed by atoms with Gasteiger partial charge in [-0.15, -0.1) is 0 Å². The van der Waals surface area contributed by atoms with Gasteiger partial charge in [0, 0.05) is 6.54 Å². The molecule has 1 unspecified atom stereocenters. The second kappa shape index (κ2) is 5.64. The van der Waals surface area contributed by atoms with Crippen molar-refractivity contribution in [1.29, 1.82) is 0 Å². The smallest absolute Gasteiger partial charge is 0.323 e. The Morgan fingerprint density at radius 1 is 1.50 bits per heavy atom. The van der Waals surface area contributed by atoms with Crippen molar-refractivity contribution in [2.45, 2.75) is 57.6 Å². The van der Waals surface area contributed by atoms with Gasteiger partial charge >= 0.3 is 5.97 Å². The summed E-state index contributed by atoms with van der Waals surface area (Å²) in [5.41, 5.74) is -0.803. The van der Waals surface area contributed by atoms with Crippen LogP contribution in [0.25, 0.3) is 0 Å². The molecule has 94 valence electrons. The van der Waals surface area contributed by atoms with E-state index in [1.807, 2.05) is 0 Å². The first-order valence-electron chi connectivity index (χ1n) is 6.16. The Hall–Kier alpha value is -0.610. The molecule has 0 heterocycles. The molecule has 4 heteroatoms. The summed E-state index contributed by atoms with van der Waals surface area (Å²) in [5.74, 6) is -0.108. The van der Waals surface area contributed by atoms with Gasteiger partial charge < -0.3 is 10.2 Å². The van der Waals surface area contributed by atoms with E-state index in [1.165, 1.54) is 0 Å². The summed E-state index contributed by atoms with van der Waals surface area (Å²) < 4.78 is 0. The van der Waals surface area contributed by atoms with Gasteiger partial charge in [0.2, 0.25) is 0 Å². The molecule has 0 aliphatic heterocycles. The number of carbonyl (C=O) groups is 1. The van der Waals surface area contributed by atoms with Crippen molar-refractivity contribution in [2.24, 2.45) is 5.92 Å². The fraction of sp³-hybridized carbons (Fsp3) is 0.917. The molecule has 0 aromatic rings. The Kier molecular flexibility index (Phi) is 4.74. The van der Waals surface area contributed by atoms with Gasteiger partial charge in [-0.3, -0.25) is 10.1 Å². The molecule has 0 saturated heterocycles. The maximum absolute atomic E-state index is 11.3. The van der Waals surface area contributed by atoms with E-state index in [4.69, 9.17) is 0 Å². The van der Waals surface area contributed by atoms with Crippen molar-refractivity contribution in [1.82, 2.24) is 5.32 Å². The number of aliphatic hydroxyl groups excluding tert-OH is 1. The van der Waals surface area contributed by atoms with Crippen LogP contribution in [0.5, 0.6) is 0 Å². The highest BCUT2D eigenvalue weighted by Crippen LogP contribution is 2.33. The lowest BCUT2D eigenvalue weighted by Gasteiger charge is -2.37. The lowest BCUT2D eigenvalue weighted by Crippen LogP contribution is -2.55. The monoisotopic (exact) mass is 229 g/mol. The second-order valence-corrected chi connectivity index (χ2v) is 4.97. The number of carboxylic acids is 1. The van der Waals surface area contributed by atoms with Crippen LogP contribution in [0.15, 0.2) is 0 Å². The molecule has 3 N–H and O–H groups in total. The molecule has 1 saturated carbocycles. The Labute approximate surface area is 97.0 Å². The molecule has 0 aromatic heterocycles. The zero-order valence-corrected chi connectivity index (χ0v) is 10.2. The van der Waals surface area contributed by atoms with Crippen molar-refractivity contribution < 1.29 is 15.0 Å². The van der Waals surface area contributed by atoms with E-state index in [2.05, 4.69) is 12.2 Å². The van der Waals surface area contributed by atoms with Gasteiger partial charge in [-0.2, -0.15) is 0 Å². The molecular formula is C12H23NO3. The molecule has 1 aliphatic carbocycles. The van der Waals surface area contributed by atoms with Gasteiger partial charge in [0.25, 0.3) is 0 Å². The molecular weight excluding hydrogens is 206 g/mol. The number of nitrogens with one attached hydrogen (secondary N) is 1. The number of aliphatic carboxylic acids is 1. The van der Waals surface area contributed by atoms with Crippen LogP contribution in [0, 0.1) is 5.92 Å². The third-order valence-electron chi connectivity index (χ3n) is 3.68. The molecule has 1 rings (SSSR count). The maximum atomic E-state index is 11.3. The molecule has 0 spiro atoms. The van der Waals surface area contributed by atoms with Crippen LogP contribution in [0.3, 0.4) is 0 Å². The number of rotatable bonds is 5. The van der Waals surface area contributed by atoms with E-state index in [1.54, 1.807) is 6.92 Å². The van der Waals surface area contributed by atoms with Crippen molar-refractivity contribution in [2.75, 3.05) is 6.54 Å². The molecule has 0 radical (unpaired) electrons. The highest BCUT2D eigenvalue weighted by Gasteiger charge is 2.41. The topological polar surface area (TPSA) is 69.6 Å². The molecule has 1 aliphatic rings. The first-order valence-corrected chi connectivity index (χ1v) is 6.16. The zero-order valence-electron chi connectivity index (χ0n) is 10.2. The number of carboxylic acid groups (broad SMARTS) is 1. The largest absolute Gasteiger partial charge is 0.480 e. The molecule has 0 aromatic carbocycles. The summed E-state index contributed by atoms with van der Waals surface area (Å²) in [4.78, 5) is 11.3. The SMILES string of the molecule is CCC1CCC(NCC(C)O)(C(=O)O)CC1. The summed E-state index contributed by atoms with van der Waals surface area (Å²) in [7, 11) is 0. The van der Waals surface area contributed by atoms with Crippen LogP contribution in [0.2, 0.25) is 0 Å². The first-order chi connectivity index (χ1) is 7.50. The predicted octanol–water partition coefficient (Wildman–Crippen LogP) is 1.38. The standard InChI is InChI=1S/C12H23NO3/c1-3-10-4-6-12(7-5-10,11(15)16)13-8-9(2)14/h9-10,13-14H,3-8H2,1-2H3,(H,15,16). The highest BCUT2D eigenvalue weighted by molar-refractivity contribution is 5.78. The van der Waals surface area contributed by atoms with E-state index < -0.39 is 17.6 Å². The molecule has 0 bridgehead atoms. The first kappa shape index (κ1) is 13.5. The Morgan fingerprint density at radius 3 is 2.44 bits per heavy atom. The van der Waals surface area contributed by atoms with Crippen LogP contribution in [0.1, 0.15) is 46.0 Å². The van der Waals surface area contributed by atoms with E-state index >= 15 is 0 Å². The number of hydrogen-bond acceptors (Lipinski definition) is 3. The summed E-state index contributed by atoms with van der Waals surface area (Å²) in [6.07, 6.45) is 3.92. The molecule has 1 fully saturated rings. The summed E-state index contributed by atoms with van der Waals surface area (Å²) in [6, 6.07) is 0. The molecule has 1 atom stereocenters. The average Bonchev–Trinajstić information content (AvgIpc) is 2.26. The normalized spacial score (nSPS) is 32.3.